The lowest BCUT2D eigenvalue weighted by molar-refractivity contribution is -0.148. The maximum atomic E-state index is 11.7. The summed E-state index contributed by atoms with van der Waals surface area (Å²) in [5.74, 6) is -0.646. The fourth-order valence-corrected chi connectivity index (χ4v) is 1.64. The number of ether oxygens (including phenoxy) is 1. The lowest BCUT2D eigenvalue weighted by atomic mass is 9.98. The van der Waals surface area contributed by atoms with Gasteiger partial charge in [0.1, 0.15) is 0 Å². The van der Waals surface area contributed by atoms with Crippen molar-refractivity contribution in [3.63, 3.8) is 0 Å². The van der Waals surface area contributed by atoms with Crippen molar-refractivity contribution in [2.45, 2.75) is 45.2 Å². The molecule has 1 aliphatic rings. The van der Waals surface area contributed by atoms with E-state index in [0.29, 0.717) is 5.92 Å². The van der Waals surface area contributed by atoms with Crippen molar-refractivity contribution in [3.8, 4) is 0 Å². The van der Waals surface area contributed by atoms with Gasteiger partial charge in [0, 0.05) is 5.54 Å². The Balaban J connectivity index is 2.47. The van der Waals surface area contributed by atoms with Gasteiger partial charge in [0.2, 0.25) is 5.91 Å². The molecule has 3 N–H and O–H groups in total. The van der Waals surface area contributed by atoms with Gasteiger partial charge in [-0.25, -0.2) is 4.79 Å². The summed E-state index contributed by atoms with van der Waals surface area (Å²) in [6.45, 7) is 5.80. The lowest BCUT2D eigenvalue weighted by Crippen LogP contribution is -2.54. The van der Waals surface area contributed by atoms with Crippen molar-refractivity contribution in [2.75, 3.05) is 6.61 Å². The molecule has 1 fully saturated rings. The van der Waals surface area contributed by atoms with Crippen LogP contribution in [0.25, 0.3) is 0 Å². The summed E-state index contributed by atoms with van der Waals surface area (Å²) < 4.78 is 4.69. The maximum Gasteiger partial charge on any atom is 0.332 e. The first-order chi connectivity index (χ1) is 7.38. The molecule has 92 valence electrons. The van der Waals surface area contributed by atoms with Crippen LogP contribution in [0, 0.1) is 5.92 Å². The van der Waals surface area contributed by atoms with Gasteiger partial charge < -0.3 is 15.8 Å². The third kappa shape index (κ3) is 3.20. The Morgan fingerprint density at radius 2 is 2.06 bits per heavy atom. The lowest BCUT2D eigenvalue weighted by Gasteiger charge is -2.27. The van der Waals surface area contributed by atoms with Gasteiger partial charge in [-0.3, -0.25) is 4.79 Å². The zero-order valence-electron chi connectivity index (χ0n) is 10.1. The van der Waals surface area contributed by atoms with Crippen molar-refractivity contribution < 1.29 is 14.3 Å². The van der Waals surface area contributed by atoms with E-state index in [0.717, 1.165) is 12.8 Å². The van der Waals surface area contributed by atoms with Crippen molar-refractivity contribution in [1.82, 2.24) is 5.32 Å². The van der Waals surface area contributed by atoms with Crippen LogP contribution in [0.15, 0.2) is 0 Å². The minimum atomic E-state index is -1.22. The molecule has 1 unspecified atom stereocenters. The van der Waals surface area contributed by atoms with Gasteiger partial charge in [-0.1, -0.05) is 0 Å². The molecule has 1 amide bonds. The fourth-order valence-electron chi connectivity index (χ4n) is 1.64. The van der Waals surface area contributed by atoms with Crippen molar-refractivity contribution in [3.05, 3.63) is 0 Å². The smallest absolute Gasteiger partial charge is 0.332 e. The van der Waals surface area contributed by atoms with Gasteiger partial charge in [0.15, 0.2) is 6.04 Å². The van der Waals surface area contributed by atoms with Crippen LogP contribution in [0.2, 0.25) is 0 Å². The summed E-state index contributed by atoms with van der Waals surface area (Å²) in [6, 6.07) is -1.22. The summed E-state index contributed by atoms with van der Waals surface area (Å²) in [7, 11) is 0. The van der Waals surface area contributed by atoms with Gasteiger partial charge in [-0.2, -0.15) is 0 Å². The Bertz CT molecular complexity index is 285. The molecule has 5 nitrogen and oxygen atoms in total. The molecule has 0 aromatic heterocycles. The number of hydrogen-bond donors (Lipinski definition) is 2. The topological polar surface area (TPSA) is 81.4 Å². The average molecular weight is 228 g/mol. The van der Waals surface area contributed by atoms with Gasteiger partial charge in [-0.15, -0.1) is 0 Å². The Labute approximate surface area is 95.7 Å². The molecule has 1 aliphatic carbocycles. The molecule has 0 bridgehead atoms. The molecule has 0 heterocycles. The first kappa shape index (κ1) is 13.0. The van der Waals surface area contributed by atoms with Gasteiger partial charge in [0.25, 0.3) is 0 Å². The van der Waals surface area contributed by atoms with Crippen LogP contribution in [0.5, 0.6) is 0 Å². The molecular formula is C11H20N2O3. The predicted molar refractivity (Wildman–Crippen MR) is 59.6 cm³/mol. The third-order valence-corrected chi connectivity index (χ3v) is 2.87. The van der Waals surface area contributed by atoms with Crippen LogP contribution in [-0.2, 0) is 14.3 Å². The summed E-state index contributed by atoms with van der Waals surface area (Å²) in [5, 5.41) is 2.79. The van der Waals surface area contributed by atoms with E-state index in [1.54, 1.807) is 6.92 Å². The molecule has 0 aromatic carbocycles. The zero-order valence-corrected chi connectivity index (χ0v) is 10.1. The molecule has 0 saturated heterocycles. The first-order valence-corrected chi connectivity index (χ1v) is 5.62. The highest BCUT2D eigenvalue weighted by atomic mass is 16.5. The molecule has 0 aliphatic heterocycles. The zero-order chi connectivity index (χ0) is 12.3. The fraction of sp³-hybridized carbons (Fsp3) is 0.818. The summed E-state index contributed by atoms with van der Waals surface area (Å²) in [4.78, 5) is 22.9. The molecule has 0 spiro atoms. The highest BCUT2D eigenvalue weighted by Gasteiger charge is 2.40. The number of amides is 1. The van der Waals surface area contributed by atoms with Crippen LogP contribution in [0.3, 0.4) is 0 Å². The number of nitrogens with two attached hydrogens (primary N) is 1. The van der Waals surface area contributed by atoms with E-state index in [1.807, 2.05) is 13.8 Å². The Kier molecular flexibility index (Phi) is 3.91. The molecule has 1 atom stereocenters. The number of nitrogens with one attached hydrogen (secondary N) is 1. The number of carbonyl (C=O) groups excluding carboxylic acids is 2. The second-order valence-corrected chi connectivity index (χ2v) is 4.71. The van der Waals surface area contributed by atoms with Crippen LogP contribution in [-0.4, -0.2) is 30.1 Å². The van der Waals surface area contributed by atoms with Crippen LogP contribution < -0.4 is 11.1 Å². The molecule has 5 heteroatoms. The average Bonchev–Trinajstić information content (AvgIpc) is 2.99. The second-order valence-electron chi connectivity index (χ2n) is 4.71. The van der Waals surface area contributed by atoms with E-state index >= 15 is 0 Å². The number of rotatable bonds is 5. The molecule has 0 aromatic rings. The molecule has 16 heavy (non-hydrogen) atoms. The normalized spacial score (nSPS) is 17.8. The predicted octanol–water partition coefficient (Wildman–Crippen LogP) is 0.182. The quantitative estimate of drug-likeness (QED) is 0.519. The molecule has 1 rings (SSSR count). The maximum absolute atomic E-state index is 11.7. The van der Waals surface area contributed by atoms with Crippen molar-refractivity contribution in [2.24, 2.45) is 11.7 Å². The molecule has 1 saturated carbocycles. The number of hydrogen-bond acceptors (Lipinski definition) is 4. The summed E-state index contributed by atoms with van der Waals surface area (Å²) in [6.07, 6.45) is 2.23. The summed E-state index contributed by atoms with van der Waals surface area (Å²) in [5.41, 5.74) is 5.20. The van der Waals surface area contributed by atoms with Crippen LogP contribution in [0.4, 0.5) is 0 Å². The van der Waals surface area contributed by atoms with E-state index in [9.17, 15) is 9.59 Å². The van der Waals surface area contributed by atoms with Crippen molar-refractivity contribution in [1.29, 1.82) is 0 Å². The standard InChI is InChI=1S/C11H20N2O3/c1-4-16-10(15)8(12)9(14)13-11(2,3)7-5-6-7/h7-8H,4-6,12H2,1-3H3,(H,13,14). The minimum absolute atomic E-state index is 0.228. The van der Waals surface area contributed by atoms with E-state index in [1.165, 1.54) is 0 Å². The Morgan fingerprint density at radius 3 is 2.50 bits per heavy atom. The number of esters is 1. The van der Waals surface area contributed by atoms with Crippen molar-refractivity contribution >= 4 is 11.9 Å². The highest BCUT2D eigenvalue weighted by molar-refractivity contribution is 6.01. The Morgan fingerprint density at radius 1 is 1.50 bits per heavy atom. The summed E-state index contributed by atoms with van der Waals surface area (Å²) >= 11 is 0. The van der Waals surface area contributed by atoms with E-state index in [-0.39, 0.29) is 12.1 Å². The highest BCUT2D eigenvalue weighted by Crippen LogP contribution is 2.39. The minimum Gasteiger partial charge on any atom is -0.464 e. The van der Waals surface area contributed by atoms with E-state index in [4.69, 9.17) is 10.5 Å². The molecule has 0 radical (unpaired) electrons. The van der Waals surface area contributed by atoms with Gasteiger partial charge in [0.05, 0.1) is 6.61 Å². The molecular weight excluding hydrogens is 208 g/mol. The van der Waals surface area contributed by atoms with E-state index in [2.05, 4.69) is 5.32 Å². The van der Waals surface area contributed by atoms with E-state index < -0.39 is 17.9 Å². The Hall–Kier alpha value is -1.10. The largest absolute Gasteiger partial charge is 0.464 e. The second kappa shape index (κ2) is 4.82. The first-order valence-electron chi connectivity index (χ1n) is 5.62. The monoisotopic (exact) mass is 228 g/mol. The van der Waals surface area contributed by atoms with Crippen LogP contribution >= 0.6 is 0 Å². The number of carbonyl (C=O) groups is 2. The van der Waals surface area contributed by atoms with Crippen LogP contribution in [0.1, 0.15) is 33.6 Å². The van der Waals surface area contributed by atoms with Gasteiger partial charge in [-0.05, 0) is 39.5 Å². The SMILES string of the molecule is CCOC(=O)C(N)C(=O)NC(C)(C)C1CC1. The third-order valence-electron chi connectivity index (χ3n) is 2.87. The van der Waals surface area contributed by atoms with Gasteiger partial charge >= 0.3 is 5.97 Å².